The minimum Gasteiger partial charge on any atom is -0.415 e. The van der Waals surface area contributed by atoms with E-state index in [1.807, 2.05) is 30.3 Å². The van der Waals surface area contributed by atoms with Gasteiger partial charge in [-0.3, -0.25) is 9.28 Å². The molecule has 0 aromatic heterocycles. The molecule has 0 atom stereocenters. The van der Waals surface area contributed by atoms with Crippen LogP contribution in [0.3, 0.4) is 0 Å². The largest absolute Gasteiger partial charge is 0.415 e. The third-order valence-corrected chi connectivity index (χ3v) is 3.37. The third kappa shape index (κ3) is 3.56. The molecular formula is C14H20NO2+. The Morgan fingerprint density at radius 1 is 1.24 bits per heavy atom. The second-order valence-electron chi connectivity index (χ2n) is 5.08. The van der Waals surface area contributed by atoms with Crippen LogP contribution < -0.4 is 0 Å². The van der Waals surface area contributed by atoms with Gasteiger partial charge in [0.15, 0.2) is 0 Å². The highest BCUT2D eigenvalue weighted by Crippen LogP contribution is 2.16. The van der Waals surface area contributed by atoms with Crippen molar-refractivity contribution in [2.75, 3.05) is 26.9 Å². The molecule has 2 rings (SSSR count). The zero-order valence-electron chi connectivity index (χ0n) is 10.4. The van der Waals surface area contributed by atoms with E-state index in [9.17, 15) is 4.79 Å². The Bertz CT molecular complexity index is 369. The summed E-state index contributed by atoms with van der Waals surface area (Å²) in [6.07, 6.45) is 2.86. The Morgan fingerprint density at radius 3 is 2.53 bits per heavy atom. The predicted octanol–water partition coefficient (Wildman–Crippen LogP) is 1.97. The number of quaternary nitrogens is 1. The fourth-order valence-electron chi connectivity index (χ4n) is 2.27. The molecule has 1 fully saturated rings. The molecule has 0 saturated carbocycles. The molecule has 0 unspecified atom stereocenters. The van der Waals surface area contributed by atoms with Gasteiger partial charge in [0.05, 0.1) is 26.6 Å². The van der Waals surface area contributed by atoms with Crippen LogP contribution >= 0.6 is 0 Å². The highest BCUT2D eigenvalue weighted by molar-refractivity contribution is 5.72. The number of carbonyl (C=O) groups is 1. The van der Waals surface area contributed by atoms with E-state index in [-0.39, 0.29) is 5.97 Å². The van der Waals surface area contributed by atoms with Crippen molar-refractivity contribution < 1.29 is 14.0 Å². The number of ether oxygens (including phenoxy) is 1. The Hall–Kier alpha value is -1.35. The molecule has 17 heavy (non-hydrogen) atoms. The van der Waals surface area contributed by atoms with Crippen molar-refractivity contribution in [2.24, 2.45) is 0 Å². The van der Waals surface area contributed by atoms with Crippen LogP contribution in [0.2, 0.25) is 0 Å². The van der Waals surface area contributed by atoms with Crippen LogP contribution in [0.1, 0.15) is 18.4 Å². The van der Waals surface area contributed by atoms with Gasteiger partial charge in [-0.25, -0.2) is 0 Å². The van der Waals surface area contributed by atoms with Crippen LogP contribution in [0.25, 0.3) is 0 Å². The predicted molar refractivity (Wildman–Crippen MR) is 66.3 cm³/mol. The number of esters is 1. The topological polar surface area (TPSA) is 26.3 Å². The van der Waals surface area contributed by atoms with E-state index in [2.05, 4.69) is 7.05 Å². The van der Waals surface area contributed by atoms with Gasteiger partial charge in [0, 0.05) is 12.8 Å². The van der Waals surface area contributed by atoms with Crippen molar-refractivity contribution in [2.45, 2.75) is 19.3 Å². The second kappa shape index (κ2) is 5.32. The number of carbonyl (C=O) groups excluding carboxylic acids is 1. The van der Waals surface area contributed by atoms with Gasteiger partial charge in [-0.2, -0.15) is 0 Å². The molecule has 1 aliphatic rings. The molecule has 1 heterocycles. The smallest absolute Gasteiger partial charge is 0.314 e. The second-order valence-corrected chi connectivity index (χ2v) is 5.08. The highest BCUT2D eigenvalue weighted by Gasteiger charge is 2.27. The maximum Gasteiger partial charge on any atom is 0.314 e. The number of hydrogen-bond donors (Lipinski definition) is 0. The molecular weight excluding hydrogens is 214 g/mol. The fourth-order valence-corrected chi connectivity index (χ4v) is 2.27. The first-order chi connectivity index (χ1) is 8.18. The molecule has 92 valence electrons. The average Bonchev–Trinajstić information content (AvgIpc) is 2.76. The van der Waals surface area contributed by atoms with Crippen molar-refractivity contribution >= 4 is 5.97 Å². The van der Waals surface area contributed by atoms with Crippen molar-refractivity contribution in [3.63, 3.8) is 0 Å². The van der Waals surface area contributed by atoms with Gasteiger partial charge < -0.3 is 4.74 Å². The van der Waals surface area contributed by atoms with Gasteiger partial charge >= 0.3 is 5.97 Å². The average molecular weight is 234 g/mol. The molecule has 1 aromatic carbocycles. The van der Waals surface area contributed by atoms with E-state index >= 15 is 0 Å². The summed E-state index contributed by atoms with van der Waals surface area (Å²) in [5.41, 5.74) is 1.02. The zero-order valence-corrected chi connectivity index (χ0v) is 10.4. The molecule has 1 aromatic rings. The number of likely N-dealkylation sites (tertiary alicyclic amines) is 1. The van der Waals surface area contributed by atoms with E-state index in [1.165, 1.54) is 12.8 Å². The van der Waals surface area contributed by atoms with Crippen molar-refractivity contribution in [3.8, 4) is 0 Å². The molecule has 0 amide bonds. The van der Waals surface area contributed by atoms with E-state index < -0.39 is 0 Å². The summed E-state index contributed by atoms with van der Waals surface area (Å²) in [5, 5.41) is 0. The third-order valence-electron chi connectivity index (χ3n) is 3.37. The number of nitrogens with zero attached hydrogens (tertiary/aromatic N) is 1. The Morgan fingerprint density at radius 2 is 1.88 bits per heavy atom. The van der Waals surface area contributed by atoms with Gasteiger partial charge in [0.2, 0.25) is 6.73 Å². The normalized spacial score (nSPS) is 17.9. The molecule has 0 bridgehead atoms. The number of hydrogen-bond acceptors (Lipinski definition) is 2. The van der Waals surface area contributed by atoms with E-state index in [1.54, 1.807) is 0 Å². The van der Waals surface area contributed by atoms with Gasteiger partial charge in [0.25, 0.3) is 0 Å². The van der Waals surface area contributed by atoms with E-state index in [4.69, 9.17) is 4.74 Å². The molecule has 1 saturated heterocycles. The highest BCUT2D eigenvalue weighted by atomic mass is 16.5. The Balaban J connectivity index is 1.78. The molecule has 0 aliphatic carbocycles. The zero-order chi connectivity index (χ0) is 12.1. The van der Waals surface area contributed by atoms with Gasteiger partial charge in [0.1, 0.15) is 0 Å². The quantitative estimate of drug-likeness (QED) is 0.588. The summed E-state index contributed by atoms with van der Waals surface area (Å²) >= 11 is 0. The lowest BCUT2D eigenvalue weighted by Crippen LogP contribution is -2.43. The monoisotopic (exact) mass is 234 g/mol. The number of rotatable bonds is 4. The van der Waals surface area contributed by atoms with Crippen LogP contribution in [0.15, 0.2) is 30.3 Å². The number of benzene rings is 1. The lowest BCUT2D eigenvalue weighted by atomic mass is 10.2. The molecule has 3 heteroatoms. The molecule has 0 radical (unpaired) electrons. The van der Waals surface area contributed by atoms with Gasteiger partial charge in [-0.05, 0) is 5.56 Å². The van der Waals surface area contributed by atoms with Crippen molar-refractivity contribution in [1.82, 2.24) is 0 Å². The minimum absolute atomic E-state index is 0.123. The lowest BCUT2D eigenvalue weighted by molar-refractivity contribution is -0.914. The van der Waals surface area contributed by atoms with E-state index in [0.29, 0.717) is 13.2 Å². The summed E-state index contributed by atoms with van der Waals surface area (Å²) in [4.78, 5) is 11.7. The van der Waals surface area contributed by atoms with Crippen LogP contribution in [-0.2, 0) is 16.0 Å². The van der Waals surface area contributed by atoms with Crippen LogP contribution in [-0.4, -0.2) is 37.3 Å². The lowest BCUT2D eigenvalue weighted by Gasteiger charge is -2.27. The summed E-state index contributed by atoms with van der Waals surface area (Å²) in [7, 11) is 2.16. The van der Waals surface area contributed by atoms with Crippen molar-refractivity contribution in [3.05, 3.63) is 35.9 Å². The minimum atomic E-state index is -0.123. The Kier molecular flexibility index (Phi) is 3.79. The Labute approximate surface area is 103 Å². The van der Waals surface area contributed by atoms with Crippen molar-refractivity contribution in [1.29, 1.82) is 0 Å². The van der Waals surface area contributed by atoms with Crippen LogP contribution in [0, 0.1) is 0 Å². The van der Waals surface area contributed by atoms with Gasteiger partial charge in [-0.15, -0.1) is 0 Å². The maximum atomic E-state index is 11.7. The summed E-state index contributed by atoms with van der Waals surface area (Å²) in [5.74, 6) is -0.123. The SMILES string of the molecule is C[N+]1(COC(=O)Cc2ccccc2)CCCC1. The fraction of sp³-hybridized carbons (Fsp3) is 0.500. The first-order valence-electron chi connectivity index (χ1n) is 6.21. The molecule has 0 N–H and O–H groups in total. The summed E-state index contributed by atoms with van der Waals surface area (Å²) in [6.45, 7) is 2.77. The summed E-state index contributed by atoms with van der Waals surface area (Å²) in [6, 6.07) is 9.74. The first kappa shape index (κ1) is 12.1. The maximum absolute atomic E-state index is 11.7. The standard InChI is InChI=1S/C14H20NO2/c1-15(9-5-6-10-15)12-17-14(16)11-13-7-3-2-4-8-13/h2-4,7-8H,5-6,9-12H2,1H3/q+1. The molecule has 1 aliphatic heterocycles. The van der Waals surface area contributed by atoms with Crippen LogP contribution in [0.5, 0.6) is 0 Å². The molecule has 0 spiro atoms. The van der Waals surface area contributed by atoms with Crippen LogP contribution in [0.4, 0.5) is 0 Å². The van der Waals surface area contributed by atoms with Gasteiger partial charge in [-0.1, -0.05) is 30.3 Å². The summed E-state index contributed by atoms with van der Waals surface area (Å²) < 4.78 is 6.24. The molecule has 3 nitrogen and oxygen atoms in total. The van der Waals surface area contributed by atoms with E-state index in [0.717, 1.165) is 23.1 Å². The first-order valence-corrected chi connectivity index (χ1v) is 6.21.